The third-order valence-corrected chi connectivity index (χ3v) is 8.04. The lowest BCUT2D eigenvalue weighted by molar-refractivity contribution is -0.194. The van der Waals surface area contributed by atoms with Crippen molar-refractivity contribution in [2.45, 2.75) is 74.6 Å². The number of nitrogens with zero attached hydrogens (tertiary/aromatic N) is 1. The third-order valence-electron chi connectivity index (χ3n) is 8.04. The van der Waals surface area contributed by atoms with Crippen LogP contribution in [0.4, 0.5) is 4.39 Å². The van der Waals surface area contributed by atoms with Crippen LogP contribution in [-0.4, -0.2) is 84.2 Å². The average molecular weight is 596 g/mol. The van der Waals surface area contributed by atoms with E-state index in [4.69, 9.17) is 9.72 Å². The Morgan fingerprint density at radius 3 is 2.37 bits per heavy atom. The molecular weight excluding hydrogens is 561 g/mol. The van der Waals surface area contributed by atoms with Crippen molar-refractivity contribution in [3.8, 4) is 11.1 Å². The van der Waals surface area contributed by atoms with Crippen molar-refractivity contribution in [2.24, 2.45) is 5.92 Å². The number of esters is 1. The second kappa shape index (κ2) is 12.9. The molecule has 11 heteroatoms. The number of carbonyl (C=O) groups excluding carboxylic acids is 1. The van der Waals surface area contributed by atoms with Gasteiger partial charge in [-0.15, -0.1) is 0 Å². The molecule has 6 N–H and O–H groups in total. The highest BCUT2D eigenvalue weighted by atomic mass is 19.1. The van der Waals surface area contributed by atoms with Gasteiger partial charge in [-0.3, -0.25) is 14.6 Å². The molecule has 0 radical (unpaired) electrons. The van der Waals surface area contributed by atoms with Crippen molar-refractivity contribution in [3.63, 3.8) is 0 Å². The molecule has 2 aliphatic carbocycles. The molecule has 10 nitrogen and oxygen atoms in total. The van der Waals surface area contributed by atoms with Crippen LogP contribution in [0.3, 0.4) is 0 Å². The molecule has 1 aromatic heterocycles. The normalized spacial score (nSPS) is 25.5. The topological polar surface area (TPSA) is 178 Å². The van der Waals surface area contributed by atoms with Gasteiger partial charge in [0.15, 0.2) is 0 Å². The molecule has 228 valence electrons. The van der Waals surface area contributed by atoms with E-state index in [1.54, 1.807) is 18.2 Å². The fourth-order valence-electron chi connectivity index (χ4n) is 5.62. The summed E-state index contributed by atoms with van der Waals surface area (Å²) in [6.45, 7) is 0. The molecule has 7 atom stereocenters. The molecule has 2 fully saturated rings. The Hall–Kier alpha value is -3.74. The maximum absolute atomic E-state index is 13.8. The van der Waals surface area contributed by atoms with E-state index < -0.39 is 67.3 Å². The number of rotatable bonds is 10. The smallest absolute Gasteiger partial charge is 0.309 e. The molecule has 0 saturated heterocycles. The Morgan fingerprint density at radius 1 is 1.00 bits per heavy atom. The second-order valence-electron chi connectivity index (χ2n) is 11.3. The van der Waals surface area contributed by atoms with Gasteiger partial charge in [0, 0.05) is 35.3 Å². The minimum absolute atomic E-state index is 0.233. The molecular formula is C32H34FNO9. The number of halogens is 1. The summed E-state index contributed by atoms with van der Waals surface area (Å²) in [5.74, 6) is -3.94. The molecule has 0 spiro atoms. The molecule has 0 aliphatic heterocycles. The van der Waals surface area contributed by atoms with Crippen LogP contribution in [-0.2, 0) is 14.3 Å². The fraction of sp³-hybridized carbons (Fsp3) is 0.406. The molecule has 5 rings (SSSR count). The number of para-hydroxylation sites is 1. The third kappa shape index (κ3) is 6.92. The number of ether oxygens (including phenoxy) is 1. The zero-order chi connectivity index (χ0) is 30.8. The zero-order valence-corrected chi connectivity index (χ0v) is 23.2. The first kappa shape index (κ1) is 30.7. The second-order valence-corrected chi connectivity index (χ2v) is 11.3. The lowest BCUT2D eigenvalue weighted by Crippen LogP contribution is -2.56. The van der Waals surface area contributed by atoms with E-state index in [0.29, 0.717) is 0 Å². The number of hydrogen-bond donors (Lipinski definition) is 6. The van der Waals surface area contributed by atoms with E-state index in [2.05, 4.69) is 0 Å². The van der Waals surface area contributed by atoms with Gasteiger partial charge < -0.3 is 35.4 Å². The number of aliphatic hydroxyl groups is 5. The number of carboxylic acids is 1. The van der Waals surface area contributed by atoms with Crippen LogP contribution < -0.4 is 0 Å². The van der Waals surface area contributed by atoms with Gasteiger partial charge in [-0.05, 0) is 36.6 Å². The summed E-state index contributed by atoms with van der Waals surface area (Å²) in [6, 6.07) is 13.8. The van der Waals surface area contributed by atoms with Gasteiger partial charge in [0.1, 0.15) is 24.1 Å². The predicted octanol–water partition coefficient (Wildman–Crippen LogP) is 2.53. The number of pyridine rings is 1. The number of aliphatic carboxylic acids is 1. The Morgan fingerprint density at radius 2 is 1.70 bits per heavy atom. The monoisotopic (exact) mass is 595 g/mol. The highest BCUT2D eigenvalue weighted by Gasteiger charge is 2.47. The van der Waals surface area contributed by atoms with Crippen molar-refractivity contribution >= 4 is 28.9 Å². The molecule has 2 aromatic carbocycles. The molecule has 2 aliphatic rings. The number of aromatic nitrogens is 1. The predicted molar refractivity (Wildman–Crippen MR) is 153 cm³/mol. The number of carbonyl (C=O) groups is 2. The highest BCUT2D eigenvalue weighted by Crippen LogP contribution is 2.45. The van der Waals surface area contributed by atoms with Crippen LogP contribution in [0.25, 0.3) is 28.1 Å². The van der Waals surface area contributed by atoms with Crippen molar-refractivity contribution in [2.75, 3.05) is 0 Å². The minimum Gasteiger partial charge on any atom is -0.481 e. The maximum Gasteiger partial charge on any atom is 0.309 e. The average Bonchev–Trinajstić information content (AvgIpc) is 3.81. The van der Waals surface area contributed by atoms with Gasteiger partial charge >= 0.3 is 11.9 Å². The summed E-state index contributed by atoms with van der Waals surface area (Å²) in [5.41, 5.74) is 4.07. The molecule has 43 heavy (non-hydrogen) atoms. The van der Waals surface area contributed by atoms with E-state index in [-0.39, 0.29) is 18.2 Å². The van der Waals surface area contributed by atoms with Crippen molar-refractivity contribution in [1.29, 1.82) is 0 Å². The van der Waals surface area contributed by atoms with Gasteiger partial charge in [0.2, 0.25) is 0 Å². The zero-order valence-electron chi connectivity index (χ0n) is 23.2. The molecule has 2 saturated carbocycles. The molecule has 3 aromatic rings. The summed E-state index contributed by atoms with van der Waals surface area (Å²) < 4.78 is 18.9. The van der Waals surface area contributed by atoms with Crippen LogP contribution in [0.5, 0.6) is 0 Å². The lowest BCUT2D eigenvalue weighted by Gasteiger charge is -2.38. The quantitative estimate of drug-likeness (QED) is 0.191. The first-order chi connectivity index (χ1) is 20.5. The Labute approximate surface area is 246 Å². The summed E-state index contributed by atoms with van der Waals surface area (Å²) in [6.07, 6.45) is -5.19. The maximum atomic E-state index is 13.8. The van der Waals surface area contributed by atoms with Gasteiger partial charge in [-0.2, -0.15) is 0 Å². The number of carboxylic acid groups (broad SMARTS) is 1. The van der Waals surface area contributed by atoms with Crippen molar-refractivity contribution in [3.05, 3.63) is 71.7 Å². The van der Waals surface area contributed by atoms with E-state index in [0.717, 1.165) is 46.1 Å². The van der Waals surface area contributed by atoms with Crippen LogP contribution >= 0.6 is 0 Å². The van der Waals surface area contributed by atoms with Crippen molar-refractivity contribution < 1.29 is 49.4 Å². The summed E-state index contributed by atoms with van der Waals surface area (Å²) in [7, 11) is 0. The standard InChI is InChI=1S/C32H34FNO9/c33-18-9-7-16(8-10-18)27-21-3-1-2-4-24(21)34-28(17-5-6-17)22(27)12-11-19(35)13-20(36)14-26(37)43-25-15-23(32(41)42)29(38)31(40)30(25)39/h1-4,7-12,17,19-20,23,25,29-31,35-36,38-40H,5-6,13-15H2,(H,41,42)/b12-11+/t19-,20-,23?,25-,29-,30?,31?/m1/s1. The largest absolute Gasteiger partial charge is 0.481 e. The van der Waals surface area contributed by atoms with Crippen LogP contribution in [0.15, 0.2) is 54.6 Å². The lowest BCUT2D eigenvalue weighted by atomic mass is 9.81. The minimum atomic E-state index is -1.82. The Kier molecular flexibility index (Phi) is 9.19. The highest BCUT2D eigenvalue weighted by molar-refractivity contribution is 5.99. The van der Waals surface area contributed by atoms with E-state index >= 15 is 0 Å². The fourth-order valence-corrected chi connectivity index (χ4v) is 5.62. The Balaban J connectivity index is 1.30. The molecule has 1 heterocycles. The summed E-state index contributed by atoms with van der Waals surface area (Å²) in [4.78, 5) is 28.7. The number of benzene rings is 2. The Bertz CT molecular complexity index is 1510. The number of hydrogen-bond acceptors (Lipinski definition) is 9. The SMILES string of the molecule is O=C(C[C@H](O)C[C@H](O)/C=C/c1c(C2CC2)nc2ccccc2c1-c1ccc(F)cc1)O[C@@H]1CC(C(=O)O)[C@@H](O)C(O)C1O. The van der Waals surface area contributed by atoms with Gasteiger partial charge in [0.05, 0.1) is 41.9 Å². The van der Waals surface area contributed by atoms with Crippen LogP contribution in [0.1, 0.15) is 49.3 Å². The van der Waals surface area contributed by atoms with E-state index in [1.807, 2.05) is 24.3 Å². The van der Waals surface area contributed by atoms with Crippen molar-refractivity contribution in [1.82, 2.24) is 4.98 Å². The molecule has 0 bridgehead atoms. The molecule has 3 unspecified atom stereocenters. The number of aliphatic hydroxyl groups excluding tert-OH is 5. The first-order valence-electron chi connectivity index (χ1n) is 14.2. The van der Waals surface area contributed by atoms with E-state index in [1.165, 1.54) is 18.2 Å². The first-order valence-corrected chi connectivity index (χ1v) is 14.2. The van der Waals surface area contributed by atoms with Crippen LogP contribution in [0, 0.1) is 11.7 Å². The number of fused-ring (bicyclic) bond motifs is 1. The van der Waals surface area contributed by atoms with Gasteiger partial charge in [-0.25, -0.2) is 4.39 Å². The summed E-state index contributed by atoms with van der Waals surface area (Å²) >= 11 is 0. The van der Waals surface area contributed by atoms with E-state index in [9.17, 15) is 44.6 Å². The summed E-state index contributed by atoms with van der Waals surface area (Å²) in [5, 5.41) is 61.3. The van der Waals surface area contributed by atoms with Crippen LogP contribution in [0.2, 0.25) is 0 Å². The molecule has 0 amide bonds. The van der Waals surface area contributed by atoms with Gasteiger partial charge in [0.25, 0.3) is 0 Å². The van der Waals surface area contributed by atoms with Gasteiger partial charge in [-0.1, -0.05) is 42.5 Å².